The lowest BCUT2D eigenvalue weighted by atomic mass is 9.96. The van der Waals surface area contributed by atoms with Gasteiger partial charge in [0, 0.05) is 45.6 Å². The molecule has 0 aliphatic carbocycles. The van der Waals surface area contributed by atoms with Crippen molar-refractivity contribution in [3.8, 4) is 5.75 Å². The third kappa shape index (κ3) is 35.5. The zero-order chi connectivity index (χ0) is 86.0. The Kier molecular flexibility index (Phi) is 42.9. The quantitative estimate of drug-likeness (QED) is 0.0166. The molecule has 2 unspecified atom stereocenters. The first-order valence-electron chi connectivity index (χ1n) is 39.5. The van der Waals surface area contributed by atoms with Crippen LogP contribution in [0.1, 0.15) is 154 Å². The smallest absolute Gasteiger partial charge is 0.245 e. The van der Waals surface area contributed by atoms with Crippen LogP contribution in [-0.4, -0.2) is 235 Å². The first-order valence-corrected chi connectivity index (χ1v) is 39.5. The monoisotopic (exact) mass is 1630 g/mol. The molecule has 2 aromatic carbocycles. The van der Waals surface area contributed by atoms with Crippen molar-refractivity contribution >= 4 is 101 Å². The molecular formula is C75H124N26O15. The molecule has 116 heavy (non-hydrogen) atoms. The van der Waals surface area contributed by atoms with E-state index >= 15 is 14.4 Å². The Morgan fingerprint density at radius 3 is 1.66 bits per heavy atom. The number of likely N-dealkylation sites (tertiary alicyclic amines) is 1. The van der Waals surface area contributed by atoms with Gasteiger partial charge in [0.15, 0.2) is 17.9 Å². The summed E-state index contributed by atoms with van der Waals surface area (Å²) >= 11 is 0. The maximum atomic E-state index is 15.1. The van der Waals surface area contributed by atoms with E-state index in [1.165, 1.54) is 29.2 Å². The second kappa shape index (κ2) is 51.4. The molecule has 2 heterocycles. The lowest BCUT2D eigenvalue weighted by Gasteiger charge is -2.32. The van der Waals surface area contributed by atoms with Gasteiger partial charge in [-0.15, -0.1) is 0 Å². The summed E-state index contributed by atoms with van der Waals surface area (Å²) in [6.45, 7) is 6.60. The molecule has 644 valence electrons. The summed E-state index contributed by atoms with van der Waals surface area (Å²) in [7, 11) is 0. The van der Waals surface area contributed by atoms with Crippen LogP contribution in [-0.2, 0) is 80.0 Å². The number of nitrogens with two attached hydrogens (primary N) is 10. The SMILES string of the molecule is CC[C@H](C)[C@H](NC(=O)C1CCNC(=O)C[C@@H](NC(=O)[C@H](Cc2ccc(O)cc2)NC(=O)[C@H](CCCN=C(N)N)NC(=O)[C@@H](N)CCCN=C(N)N)C(=O)NCC(=O)NC(Cc2ccccc2)C(=O)N1)C(=O)N[C@@H](CCCN=C(N)N)C(=O)N1CCC[C@H]1C(=O)N[C@@H](CCCCN)C(=O)N[C@@H](CC(C)C)C(=O)N[C@@H](CCCCN)C(N)=O. The second-order valence-electron chi connectivity index (χ2n) is 29.3. The molecule has 2 aliphatic rings. The minimum atomic E-state index is -1.81. The highest BCUT2D eigenvalue weighted by molar-refractivity contribution is 6.01. The van der Waals surface area contributed by atoms with E-state index in [0.29, 0.717) is 56.2 Å². The number of benzene rings is 2. The molecular weight excluding hydrogens is 1500 g/mol. The molecule has 14 amide bonds. The van der Waals surface area contributed by atoms with E-state index in [-0.39, 0.29) is 139 Å². The highest BCUT2D eigenvalue weighted by Gasteiger charge is 2.42. The van der Waals surface area contributed by atoms with Crippen molar-refractivity contribution < 1.29 is 72.2 Å². The zero-order valence-electron chi connectivity index (χ0n) is 66.8. The number of phenolic OH excluding ortho intramolecular Hbond substituents is 1. The summed E-state index contributed by atoms with van der Waals surface area (Å²) in [5.74, 6) is -13.6. The van der Waals surface area contributed by atoms with Gasteiger partial charge in [0.1, 0.15) is 72.2 Å². The molecule has 41 heteroatoms. The number of phenols is 1. The maximum Gasteiger partial charge on any atom is 0.245 e. The maximum absolute atomic E-state index is 15.1. The molecule has 2 fully saturated rings. The Morgan fingerprint density at radius 1 is 0.543 bits per heavy atom. The number of nitrogens with one attached hydrogen (secondary N) is 12. The number of unbranched alkanes of at least 4 members (excludes halogenated alkanes) is 2. The van der Waals surface area contributed by atoms with Crippen molar-refractivity contribution in [2.75, 3.05) is 52.4 Å². The highest BCUT2D eigenvalue weighted by Crippen LogP contribution is 2.23. The zero-order valence-corrected chi connectivity index (χ0v) is 66.8. The molecule has 4 rings (SSSR count). The summed E-state index contributed by atoms with van der Waals surface area (Å²) in [5, 5.41) is 42.0. The fourth-order valence-corrected chi connectivity index (χ4v) is 12.8. The van der Waals surface area contributed by atoms with Gasteiger partial charge in [-0.25, -0.2) is 0 Å². The van der Waals surface area contributed by atoms with Crippen molar-refractivity contribution in [2.45, 2.75) is 229 Å². The van der Waals surface area contributed by atoms with Gasteiger partial charge in [-0.2, -0.15) is 0 Å². The number of guanidine groups is 3. The molecule has 0 spiro atoms. The van der Waals surface area contributed by atoms with Gasteiger partial charge in [-0.1, -0.05) is 76.6 Å². The second-order valence-corrected chi connectivity index (χ2v) is 29.3. The van der Waals surface area contributed by atoms with Crippen LogP contribution in [0.5, 0.6) is 5.75 Å². The van der Waals surface area contributed by atoms with Gasteiger partial charge < -0.3 is 131 Å². The van der Waals surface area contributed by atoms with E-state index in [1.807, 2.05) is 13.8 Å². The third-order valence-electron chi connectivity index (χ3n) is 19.4. The fraction of sp³-hybridized carbons (Fsp3) is 0.613. The first kappa shape index (κ1) is 96.9. The van der Waals surface area contributed by atoms with Crippen LogP contribution in [0.4, 0.5) is 0 Å². The van der Waals surface area contributed by atoms with Crippen molar-refractivity contribution in [1.29, 1.82) is 0 Å². The lowest BCUT2D eigenvalue weighted by Crippen LogP contribution is -2.61. The van der Waals surface area contributed by atoms with E-state index in [9.17, 15) is 57.8 Å². The molecule has 0 radical (unpaired) electrons. The number of amides is 14. The summed E-state index contributed by atoms with van der Waals surface area (Å²) in [4.78, 5) is 213. The third-order valence-corrected chi connectivity index (χ3v) is 19.4. The number of carbonyl (C=O) groups is 14. The first-order chi connectivity index (χ1) is 55.1. The molecule has 0 saturated carbocycles. The van der Waals surface area contributed by atoms with Gasteiger partial charge in [0.2, 0.25) is 82.7 Å². The number of primary amides is 1. The highest BCUT2D eigenvalue weighted by atomic mass is 16.3. The van der Waals surface area contributed by atoms with E-state index in [0.717, 1.165) is 0 Å². The molecule has 2 aliphatic heterocycles. The Hall–Kier alpha value is -11.5. The average molecular weight is 1630 g/mol. The van der Waals surface area contributed by atoms with Gasteiger partial charge in [-0.3, -0.25) is 82.1 Å². The Labute approximate surface area is 675 Å². The predicted octanol–water partition coefficient (Wildman–Crippen LogP) is -6.63. The van der Waals surface area contributed by atoms with Crippen molar-refractivity contribution in [1.82, 2.24) is 68.7 Å². The van der Waals surface area contributed by atoms with Crippen molar-refractivity contribution in [2.24, 2.45) is 84.1 Å². The van der Waals surface area contributed by atoms with Crippen LogP contribution in [0.3, 0.4) is 0 Å². The summed E-state index contributed by atoms with van der Waals surface area (Å²) in [5.41, 5.74) is 57.5. The van der Waals surface area contributed by atoms with E-state index < -0.39 is 187 Å². The fourth-order valence-electron chi connectivity index (χ4n) is 12.8. The normalized spacial score (nSPS) is 18.3. The van der Waals surface area contributed by atoms with E-state index in [2.05, 4.69) is 78.8 Å². The molecule has 0 aromatic heterocycles. The number of hydrogen-bond donors (Lipinski definition) is 23. The summed E-state index contributed by atoms with van der Waals surface area (Å²) in [6, 6.07) is -2.50. The summed E-state index contributed by atoms with van der Waals surface area (Å²) in [6.07, 6.45) is 1.74. The number of carbonyl (C=O) groups excluding carboxylic acids is 14. The molecule has 2 aromatic rings. The number of aliphatic imine (C=N–C) groups is 3. The minimum absolute atomic E-state index is 0.00402. The Morgan fingerprint density at radius 2 is 1.08 bits per heavy atom. The molecule has 2 saturated heterocycles. The van der Waals surface area contributed by atoms with Crippen LogP contribution < -0.4 is 121 Å². The topological polar surface area (TPSA) is 704 Å². The van der Waals surface area contributed by atoms with Gasteiger partial charge in [0.25, 0.3) is 0 Å². The van der Waals surface area contributed by atoms with Crippen molar-refractivity contribution in [3.05, 3.63) is 65.7 Å². The van der Waals surface area contributed by atoms with E-state index in [4.69, 9.17) is 57.3 Å². The van der Waals surface area contributed by atoms with E-state index in [1.54, 1.807) is 44.2 Å². The Bertz CT molecular complexity index is 3670. The molecule has 41 nitrogen and oxygen atoms in total. The van der Waals surface area contributed by atoms with Gasteiger partial charge >= 0.3 is 0 Å². The predicted molar refractivity (Wildman–Crippen MR) is 433 cm³/mol. The lowest BCUT2D eigenvalue weighted by molar-refractivity contribution is -0.143. The van der Waals surface area contributed by atoms with Crippen LogP contribution in [0, 0.1) is 11.8 Å². The van der Waals surface area contributed by atoms with Crippen LogP contribution in [0.25, 0.3) is 0 Å². The number of nitrogens with zero attached hydrogens (tertiary/aromatic N) is 4. The molecule has 13 atom stereocenters. The molecule has 33 N–H and O–H groups in total. The van der Waals surface area contributed by atoms with Gasteiger partial charge in [-0.05, 0) is 151 Å². The number of rotatable bonds is 46. The average Bonchev–Trinajstić information content (AvgIpc) is 1.62. The number of aromatic hydroxyl groups is 1. The van der Waals surface area contributed by atoms with Gasteiger partial charge in [0.05, 0.1) is 19.0 Å². The van der Waals surface area contributed by atoms with Crippen LogP contribution >= 0.6 is 0 Å². The largest absolute Gasteiger partial charge is 0.508 e. The number of hydrogen-bond acceptors (Lipinski definition) is 21. The standard InChI is InChI=1S/C75H124N26O15/c1-5-43(4)60(71(115)96-52(23-15-34-89-75(84)85)72(116)101-36-16-24-57(101)70(114)95-49(21-10-12-31-77)64(108)97-53(37-42(2)3)67(111)92-48(61(79)105)20-9-11-30-76)100-66(110)51-29-35-86-58(103)40-56(63(107)90-41-59(104)91-54(68(112)94-51)38-44-17-7-6-8-18-44)99-69(113)55(39-45-25-27-46(102)28-26-45)98-65(109)50(22-14-33-88-74(82)83)93-62(106)47(78)19-13-32-87-73(80)81/h6-8,17-18,25-28,42-43,47-57,60,102H,5,9-16,19-24,29-41,76-78H2,1-4H3,(H2,79,105)(H,86,103)(H,90,107)(H,91,104)(H,92,111)(H,93,106)(H,94,112)(H,95,114)(H,96,115)(H,97,108)(H,98,109)(H,99,113)(H,100,110)(H4,80,81,87)(H4,82,83,88)(H4,84,85,89)/t43-,47-,48-,49-,50-,51?,52-,53-,54?,55-,56+,57-,60-/m0/s1. The van der Waals surface area contributed by atoms with Crippen LogP contribution in [0.2, 0.25) is 0 Å². The van der Waals surface area contributed by atoms with Crippen LogP contribution in [0.15, 0.2) is 69.6 Å². The Balaban J connectivity index is 1.68. The minimum Gasteiger partial charge on any atom is -0.508 e. The van der Waals surface area contributed by atoms with Crippen molar-refractivity contribution in [3.63, 3.8) is 0 Å². The molecule has 0 bridgehead atoms. The summed E-state index contributed by atoms with van der Waals surface area (Å²) < 4.78 is 0.